The molecule has 0 aliphatic heterocycles. The minimum atomic E-state index is -0.273. The molecule has 1 nitrogen and oxygen atoms in total. The Kier molecular flexibility index (Phi) is 3.15. The summed E-state index contributed by atoms with van der Waals surface area (Å²) in [4.78, 5) is 0. The highest BCUT2D eigenvalue weighted by molar-refractivity contribution is 6.30. The maximum Gasteiger partial charge on any atom is 0.147 e. The van der Waals surface area contributed by atoms with Crippen LogP contribution in [0.5, 0.6) is 0 Å². The lowest BCUT2D eigenvalue weighted by Gasteiger charge is -2.15. The molecule has 1 fully saturated rings. The van der Waals surface area contributed by atoms with Gasteiger partial charge < -0.3 is 5.32 Å². The zero-order valence-corrected chi connectivity index (χ0v) is 9.52. The van der Waals surface area contributed by atoms with Gasteiger partial charge in [0.15, 0.2) is 0 Å². The Morgan fingerprint density at radius 3 is 2.87 bits per heavy atom. The summed E-state index contributed by atoms with van der Waals surface area (Å²) in [5.74, 6) is 0.577. The Balaban J connectivity index is 1.96. The third-order valence-electron chi connectivity index (χ3n) is 2.72. The average Bonchev–Trinajstić information content (AvgIpc) is 2.94. The molecule has 1 aliphatic rings. The fraction of sp³-hybridized carbons (Fsp3) is 0.500. The minimum absolute atomic E-state index is 0.273. The van der Waals surface area contributed by atoms with Crippen LogP contribution in [0.2, 0.25) is 5.02 Å². The molecule has 1 atom stereocenters. The number of halogens is 2. The van der Waals surface area contributed by atoms with Crippen LogP contribution in [-0.2, 0) is 0 Å². The lowest BCUT2D eigenvalue weighted by atomic mass is 10.1. The molecule has 0 aromatic heterocycles. The third kappa shape index (κ3) is 3.10. The number of anilines is 1. The van der Waals surface area contributed by atoms with Crippen molar-refractivity contribution in [2.24, 2.45) is 5.92 Å². The van der Waals surface area contributed by atoms with Gasteiger partial charge in [-0.2, -0.15) is 0 Å². The van der Waals surface area contributed by atoms with Crippen molar-refractivity contribution in [2.75, 3.05) is 5.32 Å². The second-order valence-corrected chi connectivity index (χ2v) is 4.79. The quantitative estimate of drug-likeness (QED) is 0.817. The zero-order valence-electron chi connectivity index (χ0n) is 8.76. The van der Waals surface area contributed by atoms with Crippen molar-refractivity contribution in [1.29, 1.82) is 0 Å². The number of nitrogens with one attached hydrogen (secondary N) is 1. The van der Waals surface area contributed by atoms with E-state index in [-0.39, 0.29) is 5.82 Å². The molecule has 1 N–H and O–H groups in total. The van der Waals surface area contributed by atoms with Gasteiger partial charge in [-0.1, -0.05) is 24.4 Å². The summed E-state index contributed by atoms with van der Waals surface area (Å²) in [7, 11) is 0. The standard InChI is InChI=1S/C12H15ClFN/c1-8(6-9-2-3-9)15-12-5-4-10(13)7-11(12)14/h4-5,7-9,15H,2-3,6H2,1H3. The predicted octanol–water partition coefficient (Wildman–Crippen LogP) is 4.08. The first-order valence-electron chi connectivity index (χ1n) is 5.37. The summed E-state index contributed by atoms with van der Waals surface area (Å²) in [5.41, 5.74) is 0.549. The van der Waals surface area contributed by atoms with E-state index in [1.54, 1.807) is 12.1 Å². The third-order valence-corrected chi connectivity index (χ3v) is 2.95. The van der Waals surface area contributed by atoms with Gasteiger partial charge >= 0.3 is 0 Å². The van der Waals surface area contributed by atoms with Gasteiger partial charge in [0.2, 0.25) is 0 Å². The van der Waals surface area contributed by atoms with Gasteiger partial charge in [-0.15, -0.1) is 0 Å². The van der Waals surface area contributed by atoms with Gasteiger partial charge in [-0.05, 0) is 37.5 Å². The van der Waals surface area contributed by atoms with Gasteiger partial charge in [0, 0.05) is 11.1 Å². The highest BCUT2D eigenvalue weighted by atomic mass is 35.5. The molecular formula is C12H15ClFN. The van der Waals surface area contributed by atoms with Crippen LogP contribution in [0.1, 0.15) is 26.2 Å². The Morgan fingerprint density at radius 2 is 2.27 bits per heavy atom. The van der Waals surface area contributed by atoms with E-state index < -0.39 is 0 Å². The number of hydrogen-bond donors (Lipinski definition) is 1. The molecule has 0 radical (unpaired) electrons. The van der Waals surface area contributed by atoms with Gasteiger partial charge in [-0.25, -0.2) is 4.39 Å². The molecule has 1 unspecified atom stereocenters. The van der Waals surface area contributed by atoms with Crippen LogP contribution in [0.3, 0.4) is 0 Å². The van der Waals surface area contributed by atoms with E-state index >= 15 is 0 Å². The van der Waals surface area contributed by atoms with E-state index in [4.69, 9.17) is 11.6 Å². The first-order valence-corrected chi connectivity index (χ1v) is 5.74. The SMILES string of the molecule is CC(CC1CC1)Nc1ccc(Cl)cc1F. The molecule has 82 valence electrons. The summed E-state index contributed by atoms with van der Waals surface area (Å²) in [6.07, 6.45) is 3.78. The van der Waals surface area contributed by atoms with Crippen molar-refractivity contribution in [2.45, 2.75) is 32.2 Å². The summed E-state index contributed by atoms with van der Waals surface area (Å²) in [5, 5.41) is 3.61. The normalized spacial score (nSPS) is 17.5. The lowest BCUT2D eigenvalue weighted by Crippen LogP contribution is -2.16. The minimum Gasteiger partial charge on any atom is -0.380 e. The largest absolute Gasteiger partial charge is 0.380 e. The molecule has 0 amide bonds. The summed E-state index contributed by atoms with van der Waals surface area (Å²) in [6, 6.07) is 5.07. The van der Waals surface area contributed by atoms with Crippen molar-refractivity contribution in [3.05, 3.63) is 29.0 Å². The molecule has 1 aliphatic carbocycles. The van der Waals surface area contributed by atoms with Gasteiger partial charge in [0.05, 0.1) is 5.69 Å². The maximum absolute atomic E-state index is 13.4. The van der Waals surface area contributed by atoms with Crippen molar-refractivity contribution in [3.63, 3.8) is 0 Å². The van der Waals surface area contributed by atoms with E-state index in [1.807, 2.05) is 0 Å². The van der Waals surface area contributed by atoms with Gasteiger partial charge in [0.25, 0.3) is 0 Å². The average molecular weight is 228 g/mol. The molecule has 15 heavy (non-hydrogen) atoms. The molecule has 0 spiro atoms. The fourth-order valence-corrected chi connectivity index (χ4v) is 1.94. The Bertz CT molecular complexity index is 349. The number of hydrogen-bond acceptors (Lipinski definition) is 1. The van der Waals surface area contributed by atoms with Crippen molar-refractivity contribution < 1.29 is 4.39 Å². The molecule has 0 saturated heterocycles. The van der Waals surface area contributed by atoms with Gasteiger partial charge in [0.1, 0.15) is 5.82 Å². The van der Waals surface area contributed by atoms with Crippen LogP contribution in [0.15, 0.2) is 18.2 Å². The smallest absolute Gasteiger partial charge is 0.147 e. The molecule has 0 heterocycles. The first-order chi connectivity index (χ1) is 7.15. The Labute approximate surface area is 94.6 Å². The van der Waals surface area contributed by atoms with Crippen LogP contribution in [0.25, 0.3) is 0 Å². The highest BCUT2D eigenvalue weighted by Crippen LogP contribution is 2.34. The molecule has 0 bridgehead atoms. The molecule has 1 aromatic carbocycles. The monoisotopic (exact) mass is 227 g/mol. The van der Waals surface area contributed by atoms with Crippen molar-refractivity contribution in [3.8, 4) is 0 Å². The van der Waals surface area contributed by atoms with Crippen molar-refractivity contribution in [1.82, 2.24) is 0 Å². The second-order valence-electron chi connectivity index (χ2n) is 4.35. The second kappa shape index (κ2) is 4.40. The molecule has 2 rings (SSSR count). The van der Waals surface area contributed by atoms with E-state index in [0.29, 0.717) is 16.8 Å². The van der Waals surface area contributed by atoms with Crippen LogP contribution in [-0.4, -0.2) is 6.04 Å². The Hall–Kier alpha value is -0.760. The number of rotatable bonds is 4. The van der Waals surface area contributed by atoms with Crippen LogP contribution < -0.4 is 5.32 Å². The zero-order chi connectivity index (χ0) is 10.8. The van der Waals surface area contributed by atoms with Crippen LogP contribution in [0.4, 0.5) is 10.1 Å². The fourth-order valence-electron chi connectivity index (χ4n) is 1.78. The lowest BCUT2D eigenvalue weighted by molar-refractivity contribution is 0.610. The van der Waals surface area contributed by atoms with E-state index in [1.165, 1.54) is 18.9 Å². The molecule has 1 saturated carbocycles. The Morgan fingerprint density at radius 1 is 1.53 bits per heavy atom. The summed E-state index contributed by atoms with van der Waals surface area (Å²) in [6.45, 7) is 2.09. The van der Waals surface area contributed by atoms with Crippen molar-refractivity contribution >= 4 is 17.3 Å². The number of benzene rings is 1. The summed E-state index contributed by atoms with van der Waals surface area (Å²) < 4.78 is 13.4. The van der Waals surface area contributed by atoms with E-state index in [2.05, 4.69) is 12.2 Å². The predicted molar refractivity (Wildman–Crippen MR) is 61.8 cm³/mol. The molecular weight excluding hydrogens is 213 g/mol. The van der Waals surface area contributed by atoms with Crippen LogP contribution in [0, 0.1) is 11.7 Å². The first kappa shape index (κ1) is 10.7. The summed E-state index contributed by atoms with van der Waals surface area (Å²) >= 11 is 5.68. The van der Waals surface area contributed by atoms with E-state index in [0.717, 1.165) is 12.3 Å². The molecule has 1 aromatic rings. The highest BCUT2D eigenvalue weighted by Gasteiger charge is 2.23. The molecule has 3 heteroatoms. The topological polar surface area (TPSA) is 12.0 Å². The van der Waals surface area contributed by atoms with Crippen LogP contribution >= 0.6 is 11.6 Å². The van der Waals surface area contributed by atoms with Gasteiger partial charge in [-0.3, -0.25) is 0 Å². The maximum atomic E-state index is 13.4. The van der Waals surface area contributed by atoms with E-state index in [9.17, 15) is 4.39 Å².